The molecular weight excluding hydrogens is 214 g/mol. The molecule has 4 heteroatoms. The van der Waals surface area contributed by atoms with Gasteiger partial charge in [0.2, 0.25) is 0 Å². The fourth-order valence-corrected chi connectivity index (χ4v) is 2.31. The highest BCUT2D eigenvalue weighted by atomic mass is 35.5. The smallest absolute Gasteiger partial charge is 0.0963 e. The van der Waals surface area contributed by atoms with Gasteiger partial charge in [0.25, 0.3) is 0 Å². The lowest BCUT2D eigenvalue weighted by atomic mass is 10.1. The molecule has 0 fully saturated rings. The van der Waals surface area contributed by atoms with E-state index in [2.05, 4.69) is 4.98 Å². The summed E-state index contributed by atoms with van der Waals surface area (Å²) < 4.78 is 0. The Hall–Kier alpha value is -0.640. The third-order valence-corrected chi connectivity index (χ3v) is 3.12. The van der Waals surface area contributed by atoms with Crippen LogP contribution >= 0.6 is 11.6 Å². The van der Waals surface area contributed by atoms with E-state index in [1.54, 1.807) is 6.07 Å². The van der Waals surface area contributed by atoms with Crippen LogP contribution in [0.4, 0.5) is 0 Å². The molecule has 0 saturated carbocycles. The minimum absolute atomic E-state index is 0.139. The van der Waals surface area contributed by atoms with E-state index >= 15 is 0 Å². The molecule has 3 nitrogen and oxygen atoms in total. The van der Waals surface area contributed by atoms with Crippen LogP contribution < -0.4 is 0 Å². The number of fused-ring (bicyclic) bond motifs is 1. The molecule has 0 aromatic carbocycles. The van der Waals surface area contributed by atoms with Crippen LogP contribution in [-0.2, 0) is 13.0 Å². The predicted octanol–water partition coefficient (Wildman–Crippen LogP) is 1.99. The quantitative estimate of drug-likeness (QED) is 0.722. The topological polar surface area (TPSA) is 53.4 Å². The van der Waals surface area contributed by atoms with Gasteiger partial charge in [-0.2, -0.15) is 0 Å². The summed E-state index contributed by atoms with van der Waals surface area (Å²) in [6.07, 6.45) is 3.08. The van der Waals surface area contributed by atoms with Gasteiger partial charge in [-0.1, -0.05) is 18.0 Å². The first-order chi connectivity index (χ1) is 7.22. The number of hydrogen-bond donors (Lipinski definition) is 2. The molecule has 15 heavy (non-hydrogen) atoms. The summed E-state index contributed by atoms with van der Waals surface area (Å²) in [6.45, 7) is -0.139. The summed E-state index contributed by atoms with van der Waals surface area (Å²) >= 11 is 6.10. The summed E-state index contributed by atoms with van der Waals surface area (Å²) in [6, 6.07) is 1.68. The van der Waals surface area contributed by atoms with Gasteiger partial charge in [-0.15, -0.1) is 0 Å². The third kappa shape index (κ3) is 2.14. The summed E-state index contributed by atoms with van der Waals surface area (Å²) in [5, 5.41) is 19.5. The molecule has 2 N–H and O–H groups in total. The minimum atomic E-state index is -0.536. The van der Waals surface area contributed by atoms with E-state index in [1.165, 1.54) is 0 Å². The number of nitrogens with zero attached hydrogens (tertiary/aromatic N) is 1. The third-order valence-electron chi connectivity index (χ3n) is 2.79. The van der Waals surface area contributed by atoms with Gasteiger partial charge < -0.3 is 10.2 Å². The zero-order valence-corrected chi connectivity index (χ0v) is 9.17. The molecule has 1 unspecified atom stereocenters. The molecule has 0 spiro atoms. The average Bonchev–Trinajstić information content (AvgIpc) is 2.41. The van der Waals surface area contributed by atoms with Gasteiger partial charge in [-0.3, -0.25) is 4.98 Å². The van der Waals surface area contributed by atoms with Crippen LogP contribution in [0.2, 0.25) is 5.02 Å². The first kappa shape index (κ1) is 10.9. The lowest BCUT2D eigenvalue weighted by Crippen LogP contribution is -2.05. The number of aromatic nitrogens is 1. The zero-order chi connectivity index (χ0) is 10.8. The fraction of sp³-hybridized carbons (Fsp3) is 0.545. The molecule has 0 aliphatic heterocycles. The van der Waals surface area contributed by atoms with E-state index in [0.29, 0.717) is 16.4 Å². The Kier molecular flexibility index (Phi) is 3.24. The van der Waals surface area contributed by atoms with Gasteiger partial charge in [0.15, 0.2) is 0 Å². The van der Waals surface area contributed by atoms with E-state index in [9.17, 15) is 5.11 Å². The van der Waals surface area contributed by atoms with Crippen LogP contribution in [0.25, 0.3) is 0 Å². The second kappa shape index (κ2) is 4.47. The highest BCUT2D eigenvalue weighted by molar-refractivity contribution is 6.31. The molecule has 1 aromatic rings. The number of halogens is 1. The Balaban J connectivity index is 2.50. The molecule has 1 aliphatic carbocycles. The molecule has 0 saturated heterocycles. The molecule has 2 rings (SSSR count). The number of aliphatic hydroxyl groups excluding tert-OH is 2. The van der Waals surface area contributed by atoms with Crippen molar-refractivity contribution in [1.82, 2.24) is 4.98 Å². The van der Waals surface area contributed by atoms with Crippen LogP contribution in [0.15, 0.2) is 6.07 Å². The van der Waals surface area contributed by atoms with E-state index in [0.717, 1.165) is 31.2 Å². The average molecular weight is 228 g/mol. The number of aliphatic hydroxyl groups is 2. The first-order valence-corrected chi connectivity index (χ1v) is 5.57. The summed E-state index contributed by atoms with van der Waals surface area (Å²) in [4.78, 5) is 4.25. The van der Waals surface area contributed by atoms with Crippen molar-refractivity contribution in [2.24, 2.45) is 0 Å². The number of rotatable bonds is 1. The van der Waals surface area contributed by atoms with Crippen molar-refractivity contribution in [3.63, 3.8) is 0 Å². The molecule has 0 amide bonds. The SMILES string of the molecule is OCc1cc(Cl)c2c(n1)C(O)CCCC2. The largest absolute Gasteiger partial charge is 0.390 e. The zero-order valence-electron chi connectivity index (χ0n) is 8.41. The van der Waals surface area contributed by atoms with E-state index < -0.39 is 6.10 Å². The van der Waals surface area contributed by atoms with Gasteiger partial charge in [-0.25, -0.2) is 0 Å². The maximum absolute atomic E-state index is 9.88. The number of pyridine rings is 1. The standard InChI is InChI=1S/C11H14ClNO2/c12-9-5-7(6-14)13-11-8(9)3-1-2-4-10(11)15/h5,10,14-15H,1-4,6H2. The van der Waals surface area contributed by atoms with E-state index in [4.69, 9.17) is 16.7 Å². The maximum atomic E-state index is 9.88. The Morgan fingerprint density at radius 2 is 2.27 bits per heavy atom. The van der Waals surface area contributed by atoms with Crippen molar-refractivity contribution in [3.05, 3.63) is 28.0 Å². The Labute approximate surface area is 93.7 Å². The van der Waals surface area contributed by atoms with Crippen molar-refractivity contribution >= 4 is 11.6 Å². The van der Waals surface area contributed by atoms with Crippen molar-refractivity contribution in [1.29, 1.82) is 0 Å². The van der Waals surface area contributed by atoms with Crippen molar-refractivity contribution in [3.8, 4) is 0 Å². The predicted molar refractivity (Wildman–Crippen MR) is 57.7 cm³/mol. The molecule has 1 heterocycles. The monoisotopic (exact) mass is 227 g/mol. The lowest BCUT2D eigenvalue weighted by Gasteiger charge is -2.13. The molecule has 82 valence electrons. The molecule has 1 aromatic heterocycles. The van der Waals surface area contributed by atoms with Crippen LogP contribution in [0.1, 0.15) is 42.3 Å². The lowest BCUT2D eigenvalue weighted by molar-refractivity contribution is 0.161. The first-order valence-electron chi connectivity index (χ1n) is 5.19. The molecular formula is C11H14ClNO2. The van der Waals surface area contributed by atoms with Crippen molar-refractivity contribution in [2.75, 3.05) is 0 Å². The van der Waals surface area contributed by atoms with E-state index in [-0.39, 0.29) is 6.61 Å². The van der Waals surface area contributed by atoms with Gasteiger partial charge in [0, 0.05) is 5.02 Å². The maximum Gasteiger partial charge on any atom is 0.0963 e. The number of hydrogen-bond acceptors (Lipinski definition) is 3. The molecule has 0 bridgehead atoms. The summed E-state index contributed by atoms with van der Waals surface area (Å²) in [5.41, 5.74) is 2.13. The fourth-order valence-electron chi connectivity index (χ4n) is 1.99. The molecule has 0 radical (unpaired) electrons. The Morgan fingerprint density at radius 3 is 3.00 bits per heavy atom. The normalized spacial score (nSPS) is 20.9. The van der Waals surface area contributed by atoms with Gasteiger partial charge in [0.05, 0.1) is 24.1 Å². The molecule has 1 aliphatic rings. The van der Waals surface area contributed by atoms with Crippen LogP contribution in [0.3, 0.4) is 0 Å². The molecule has 1 atom stereocenters. The Morgan fingerprint density at radius 1 is 1.47 bits per heavy atom. The van der Waals surface area contributed by atoms with E-state index in [1.807, 2.05) is 0 Å². The van der Waals surface area contributed by atoms with Gasteiger partial charge in [-0.05, 0) is 30.9 Å². The second-order valence-electron chi connectivity index (χ2n) is 3.88. The van der Waals surface area contributed by atoms with Crippen LogP contribution in [0, 0.1) is 0 Å². The second-order valence-corrected chi connectivity index (χ2v) is 4.29. The van der Waals surface area contributed by atoms with Crippen LogP contribution in [-0.4, -0.2) is 15.2 Å². The summed E-state index contributed by atoms with van der Waals surface area (Å²) in [5.74, 6) is 0. The summed E-state index contributed by atoms with van der Waals surface area (Å²) in [7, 11) is 0. The van der Waals surface area contributed by atoms with Crippen LogP contribution in [0.5, 0.6) is 0 Å². The highest BCUT2D eigenvalue weighted by Crippen LogP contribution is 2.31. The Bertz CT molecular complexity index is 368. The van der Waals surface area contributed by atoms with Gasteiger partial charge >= 0.3 is 0 Å². The highest BCUT2D eigenvalue weighted by Gasteiger charge is 2.20. The van der Waals surface area contributed by atoms with Gasteiger partial charge in [0.1, 0.15) is 0 Å². The minimum Gasteiger partial charge on any atom is -0.390 e. The van der Waals surface area contributed by atoms with Crippen molar-refractivity contribution in [2.45, 2.75) is 38.4 Å². The van der Waals surface area contributed by atoms with Crippen molar-refractivity contribution < 1.29 is 10.2 Å².